The van der Waals surface area contributed by atoms with Crippen molar-refractivity contribution in [3.05, 3.63) is 35.4 Å². The number of benzene rings is 1. The Morgan fingerprint density at radius 2 is 1.75 bits per heavy atom. The summed E-state index contributed by atoms with van der Waals surface area (Å²) in [5, 5.41) is 0. The molecule has 0 atom stereocenters. The fourth-order valence-electron chi connectivity index (χ4n) is 2.96. The highest BCUT2D eigenvalue weighted by molar-refractivity contribution is 5.31. The van der Waals surface area contributed by atoms with Crippen LogP contribution in [-0.2, 0) is 6.54 Å². The molecule has 2 fully saturated rings. The zero-order valence-corrected chi connectivity index (χ0v) is 9.99. The molecule has 0 radical (unpaired) electrons. The molecule has 1 saturated heterocycles. The van der Waals surface area contributed by atoms with E-state index in [2.05, 4.69) is 29.2 Å². The van der Waals surface area contributed by atoms with Gasteiger partial charge in [0.25, 0.3) is 0 Å². The maximum Gasteiger partial charge on any atom is 0.0237 e. The van der Waals surface area contributed by atoms with Crippen molar-refractivity contribution in [3.8, 4) is 0 Å². The van der Waals surface area contributed by atoms with Gasteiger partial charge in [-0.2, -0.15) is 0 Å². The van der Waals surface area contributed by atoms with Gasteiger partial charge in [-0.15, -0.1) is 0 Å². The molecule has 1 heterocycles. The van der Waals surface area contributed by atoms with Gasteiger partial charge in [-0.3, -0.25) is 4.90 Å². The minimum Gasteiger partial charge on any atom is -0.297 e. The van der Waals surface area contributed by atoms with Gasteiger partial charge in [0.1, 0.15) is 0 Å². The van der Waals surface area contributed by atoms with Crippen LogP contribution in [-0.4, -0.2) is 18.0 Å². The lowest BCUT2D eigenvalue weighted by Gasteiger charge is -2.24. The van der Waals surface area contributed by atoms with Crippen molar-refractivity contribution in [2.75, 3.05) is 13.1 Å². The molecular formula is C15H21N. The third kappa shape index (κ3) is 2.30. The molecule has 1 heteroatoms. The molecular weight excluding hydrogens is 194 g/mol. The summed E-state index contributed by atoms with van der Waals surface area (Å²) in [4.78, 5) is 2.52. The van der Waals surface area contributed by atoms with Crippen LogP contribution in [0.1, 0.15) is 49.1 Å². The Hall–Kier alpha value is -0.820. The lowest BCUT2D eigenvalue weighted by molar-refractivity contribution is 0.437. The van der Waals surface area contributed by atoms with Gasteiger partial charge in [0, 0.05) is 19.6 Å². The second-order valence-electron chi connectivity index (χ2n) is 5.31. The number of hydrogen-bond acceptors (Lipinski definition) is 1. The maximum absolute atomic E-state index is 2.52. The molecule has 3 rings (SSSR count). The van der Waals surface area contributed by atoms with Crippen LogP contribution in [0, 0.1) is 0 Å². The summed E-state index contributed by atoms with van der Waals surface area (Å²) in [6, 6.07) is 9.12. The average molecular weight is 215 g/mol. The molecule has 1 aromatic carbocycles. The minimum atomic E-state index is 0.852. The Morgan fingerprint density at radius 1 is 1.00 bits per heavy atom. The fraction of sp³-hybridized carbons (Fsp3) is 0.600. The molecule has 1 aliphatic heterocycles. The van der Waals surface area contributed by atoms with Crippen molar-refractivity contribution in [1.82, 2.24) is 4.90 Å². The predicted octanol–water partition coefficient (Wildman–Crippen LogP) is 3.55. The molecule has 86 valence electrons. The molecule has 0 spiro atoms. The van der Waals surface area contributed by atoms with E-state index in [-0.39, 0.29) is 0 Å². The number of rotatable bonds is 3. The molecule has 0 unspecified atom stereocenters. The van der Waals surface area contributed by atoms with Crippen molar-refractivity contribution in [2.45, 2.75) is 44.6 Å². The summed E-state index contributed by atoms with van der Waals surface area (Å²) in [7, 11) is 0. The largest absolute Gasteiger partial charge is 0.297 e. The second-order valence-corrected chi connectivity index (χ2v) is 5.31. The predicted molar refractivity (Wildman–Crippen MR) is 67.5 cm³/mol. The first-order valence-corrected chi connectivity index (χ1v) is 6.73. The van der Waals surface area contributed by atoms with E-state index in [0.717, 1.165) is 5.92 Å². The Kier molecular flexibility index (Phi) is 2.96. The van der Waals surface area contributed by atoms with Crippen molar-refractivity contribution in [2.24, 2.45) is 0 Å². The van der Waals surface area contributed by atoms with Crippen LogP contribution < -0.4 is 0 Å². The molecule has 1 saturated carbocycles. The van der Waals surface area contributed by atoms with E-state index in [1.54, 1.807) is 11.1 Å². The Morgan fingerprint density at radius 3 is 2.50 bits per heavy atom. The molecule has 0 aromatic heterocycles. The molecule has 1 nitrogen and oxygen atoms in total. The lowest BCUT2D eigenvalue weighted by Crippen LogP contribution is -2.09. The van der Waals surface area contributed by atoms with Crippen molar-refractivity contribution >= 4 is 0 Å². The third-order valence-electron chi connectivity index (χ3n) is 4.03. The highest BCUT2D eigenvalue weighted by Gasteiger charge is 2.22. The zero-order chi connectivity index (χ0) is 10.8. The quantitative estimate of drug-likeness (QED) is 0.697. The SMILES string of the molecule is c1ccc(C2CCCCC2)c(CN2CC2)c1. The minimum absolute atomic E-state index is 0.852. The average Bonchev–Trinajstić information content (AvgIpc) is 3.15. The first kappa shape index (κ1) is 10.3. The fourth-order valence-corrected chi connectivity index (χ4v) is 2.96. The zero-order valence-electron chi connectivity index (χ0n) is 9.99. The van der Waals surface area contributed by atoms with Crippen LogP contribution in [0.5, 0.6) is 0 Å². The van der Waals surface area contributed by atoms with Crippen LogP contribution in [0.25, 0.3) is 0 Å². The first-order valence-electron chi connectivity index (χ1n) is 6.73. The van der Waals surface area contributed by atoms with Crippen LogP contribution in [0.2, 0.25) is 0 Å². The van der Waals surface area contributed by atoms with Gasteiger partial charge in [-0.1, -0.05) is 43.5 Å². The summed E-state index contributed by atoms with van der Waals surface area (Å²) in [5.74, 6) is 0.852. The maximum atomic E-state index is 2.52. The molecule has 0 bridgehead atoms. The summed E-state index contributed by atoms with van der Waals surface area (Å²) >= 11 is 0. The van der Waals surface area contributed by atoms with Gasteiger partial charge in [0.15, 0.2) is 0 Å². The van der Waals surface area contributed by atoms with Gasteiger partial charge in [0.2, 0.25) is 0 Å². The van der Waals surface area contributed by atoms with E-state index >= 15 is 0 Å². The molecule has 1 aliphatic carbocycles. The van der Waals surface area contributed by atoms with Gasteiger partial charge in [-0.05, 0) is 29.9 Å². The second kappa shape index (κ2) is 4.58. The van der Waals surface area contributed by atoms with E-state index in [0.29, 0.717) is 0 Å². The van der Waals surface area contributed by atoms with Gasteiger partial charge < -0.3 is 0 Å². The third-order valence-corrected chi connectivity index (χ3v) is 4.03. The van der Waals surface area contributed by atoms with Gasteiger partial charge in [-0.25, -0.2) is 0 Å². The van der Waals surface area contributed by atoms with Crippen LogP contribution in [0.15, 0.2) is 24.3 Å². The van der Waals surface area contributed by atoms with E-state index in [4.69, 9.17) is 0 Å². The normalized spacial score (nSPS) is 22.2. The number of hydrogen-bond donors (Lipinski definition) is 0. The summed E-state index contributed by atoms with van der Waals surface area (Å²) in [5.41, 5.74) is 3.24. The Labute approximate surface area is 98.5 Å². The molecule has 1 aromatic rings. The van der Waals surface area contributed by atoms with Crippen molar-refractivity contribution < 1.29 is 0 Å². The smallest absolute Gasteiger partial charge is 0.0237 e. The highest BCUT2D eigenvalue weighted by Crippen LogP contribution is 2.35. The van der Waals surface area contributed by atoms with Crippen molar-refractivity contribution in [3.63, 3.8) is 0 Å². The first-order chi connectivity index (χ1) is 7.93. The van der Waals surface area contributed by atoms with Crippen LogP contribution in [0.4, 0.5) is 0 Å². The Balaban J connectivity index is 1.79. The van der Waals surface area contributed by atoms with E-state index < -0.39 is 0 Å². The topological polar surface area (TPSA) is 3.01 Å². The molecule has 0 amide bonds. The molecule has 16 heavy (non-hydrogen) atoms. The monoisotopic (exact) mass is 215 g/mol. The highest BCUT2D eigenvalue weighted by atomic mass is 15.2. The van der Waals surface area contributed by atoms with Crippen LogP contribution >= 0.6 is 0 Å². The van der Waals surface area contributed by atoms with Crippen molar-refractivity contribution in [1.29, 1.82) is 0 Å². The standard InChI is InChI=1S/C15H21N/c1-2-6-13(7-3-1)15-9-5-4-8-14(15)12-16-10-11-16/h4-5,8-9,13H,1-3,6-7,10-12H2. The summed E-state index contributed by atoms with van der Waals surface area (Å²) in [6.07, 6.45) is 7.14. The van der Waals surface area contributed by atoms with E-state index in [1.165, 1.54) is 51.7 Å². The molecule has 2 aliphatic rings. The van der Waals surface area contributed by atoms with Gasteiger partial charge in [0.05, 0.1) is 0 Å². The molecule has 0 N–H and O–H groups in total. The van der Waals surface area contributed by atoms with E-state index in [1.807, 2.05) is 0 Å². The summed E-state index contributed by atoms with van der Waals surface area (Å²) in [6.45, 7) is 3.80. The summed E-state index contributed by atoms with van der Waals surface area (Å²) < 4.78 is 0. The van der Waals surface area contributed by atoms with Crippen LogP contribution in [0.3, 0.4) is 0 Å². The lowest BCUT2D eigenvalue weighted by atomic mass is 9.82. The Bertz CT molecular complexity index is 348. The van der Waals surface area contributed by atoms with E-state index in [9.17, 15) is 0 Å². The number of nitrogens with zero attached hydrogens (tertiary/aromatic N) is 1. The van der Waals surface area contributed by atoms with Gasteiger partial charge >= 0.3 is 0 Å².